The minimum Gasteiger partial charge on any atom is -0.480 e. The van der Waals surface area contributed by atoms with Crippen LogP contribution in [0.4, 0.5) is 0 Å². The average molecular weight is 375 g/mol. The highest BCUT2D eigenvalue weighted by atomic mass is 127. The molecule has 1 rings (SSSR count). The van der Waals surface area contributed by atoms with E-state index in [1.54, 1.807) is 12.1 Å². The molecular formula is C14H18INO3. The summed E-state index contributed by atoms with van der Waals surface area (Å²) in [6.07, 6.45) is 0.420. The molecule has 0 fully saturated rings. The number of carbonyl (C=O) groups is 2. The lowest BCUT2D eigenvalue weighted by atomic mass is 10.0. The molecule has 19 heavy (non-hydrogen) atoms. The van der Waals surface area contributed by atoms with E-state index in [1.165, 1.54) is 0 Å². The molecule has 1 amide bonds. The van der Waals surface area contributed by atoms with Crippen molar-refractivity contribution in [2.75, 3.05) is 0 Å². The zero-order chi connectivity index (χ0) is 14.6. The van der Waals surface area contributed by atoms with Crippen molar-refractivity contribution < 1.29 is 14.7 Å². The van der Waals surface area contributed by atoms with E-state index < -0.39 is 12.0 Å². The highest BCUT2D eigenvalue weighted by molar-refractivity contribution is 14.1. The van der Waals surface area contributed by atoms with Crippen molar-refractivity contribution in [2.24, 2.45) is 5.92 Å². The molecule has 0 radical (unpaired) electrons. The summed E-state index contributed by atoms with van der Waals surface area (Å²) < 4.78 is 0.853. The molecular weight excluding hydrogens is 357 g/mol. The predicted octanol–water partition coefficient (Wildman–Crippen LogP) is 2.83. The summed E-state index contributed by atoms with van der Waals surface area (Å²) in [6.45, 7) is 5.78. The lowest BCUT2D eigenvalue weighted by Gasteiger charge is -2.17. The molecule has 1 aromatic rings. The summed E-state index contributed by atoms with van der Waals surface area (Å²) >= 11 is 2.10. The summed E-state index contributed by atoms with van der Waals surface area (Å²) in [5.41, 5.74) is 1.53. The number of carboxylic acid groups (broad SMARTS) is 1. The molecule has 4 nitrogen and oxygen atoms in total. The van der Waals surface area contributed by atoms with Crippen LogP contribution in [0, 0.1) is 16.4 Å². The van der Waals surface area contributed by atoms with Gasteiger partial charge in [0.05, 0.1) is 5.56 Å². The standard InChI is InChI=1S/C14H18INO3/c1-8(2)7-11(14(18)19)16-13(17)10-6-4-5-9(3)12(10)15/h4-6,8,11H,7H2,1-3H3,(H,16,17)(H,18,19)/t11-/m0/s1. The summed E-state index contributed by atoms with van der Waals surface area (Å²) in [5.74, 6) is -1.12. The zero-order valence-electron chi connectivity index (χ0n) is 11.2. The monoisotopic (exact) mass is 375 g/mol. The van der Waals surface area contributed by atoms with Crippen LogP contribution in [-0.4, -0.2) is 23.0 Å². The Balaban J connectivity index is 2.88. The highest BCUT2D eigenvalue weighted by Crippen LogP contribution is 2.17. The van der Waals surface area contributed by atoms with Crippen molar-refractivity contribution >= 4 is 34.5 Å². The van der Waals surface area contributed by atoms with Crippen LogP contribution in [0.1, 0.15) is 36.2 Å². The lowest BCUT2D eigenvalue weighted by molar-refractivity contribution is -0.139. The van der Waals surface area contributed by atoms with Crippen LogP contribution in [0.5, 0.6) is 0 Å². The van der Waals surface area contributed by atoms with E-state index in [9.17, 15) is 9.59 Å². The molecule has 0 saturated carbocycles. The Morgan fingerprint density at radius 3 is 2.53 bits per heavy atom. The number of hydrogen-bond acceptors (Lipinski definition) is 2. The Morgan fingerprint density at radius 1 is 1.37 bits per heavy atom. The normalized spacial score (nSPS) is 12.3. The van der Waals surface area contributed by atoms with Crippen LogP contribution < -0.4 is 5.32 Å². The van der Waals surface area contributed by atoms with Crippen LogP contribution in [0.3, 0.4) is 0 Å². The molecule has 0 unspecified atom stereocenters. The molecule has 5 heteroatoms. The van der Waals surface area contributed by atoms with E-state index in [4.69, 9.17) is 5.11 Å². The van der Waals surface area contributed by atoms with Gasteiger partial charge in [0, 0.05) is 3.57 Å². The van der Waals surface area contributed by atoms with Gasteiger partial charge < -0.3 is 10.4 Å². The van der Waals surface area contributed by atoms with Crippen molar-refractivity contribution in [3.8, 4) is 0 Å². The fourth-order valence-electron chi connectivity index (χ4n) is 1.75. The SMILES string of the molecule is Cc1cccc(C(=O)N[C@@H](CC(C)C)C(=O)O)c1I. The minimum absolute atomic E-state index is 0.206. The third kappa shape index (κ3) is 4.49. The van der Waals surface area contributed by atoms with Crippen molar-refractivity contribution in [3.05, 3.63) is 32.9 Å². The van der Waals surface area contributed by atoms with Crippen molar-refractivity contribution in [3.63, 3.8) is 0 Å². The van der Waals surface area contributed by atoms with Gasteiger partial charge in [-0.1, -0.05) is 26.0 Å². The summed E-state index contributed by atoms with van der Waals surface area (Å²) in [4.78, 5) is 23.3. The highest BCUT2D eigenvalue weighted by Gasteiger charge is 2.22. The minimum atomic E-state index is -0.996. The number of hydrogen-bond donors (Lipinski definition) is 2. The molecule has 0 spiro atoms. The molecule has 2 N–H and O–H groups in total. The fourth-order valence-corrected chi connectivity index (χ4v) is 2.36. The first kappa shape index (κ1) is 15.9. The quantitative estimate of drug-likeness (QED) is 0.778. The smallest absolute Gasteiger partial charge is 0.326 e. The second kappa shape index (κ2) is 6.88. The van der Waals surface area contributed by atoms with E-state index >= 15 is 0 Å². The fraction of sp³-hybridized carbons (Fsp3) is 0.429. The van der Waals surface area contributed by atoms with E-state index in [0.29, 0.717) is 12.0 Å². The largest absolute Gasteiger partial charge is 0.480 e. The summed E-state index contributed by atoms with van der Waals surface area (Å²) in [6, 6.07) is 4.58. The first-order chi connectivity index (χ1) is 8.82. The molecule has 0 heterocycles. The number of nitrogens with one attached hydrogen (secondary N) is 1. The van der Waals surface area contributed by atoms with Gasteiger partial charge in [0.1, 0.15) is 6.04 Å². The Kier molecular flexibility index (Phi) is 5.78. The number of aryl methyl sites for hydroxylation is 1. The molecule has 0 aliphatic rings. The van der Waals surface area contributed by atoms with Crippen LogP contribution >= 0.6 is 22.6 Å². The second-order valence-corrected chi connectivity index (χ2v) is 6.01. The first-order valence-electron chi connectivity index (χ1n) is 6.11. The third-order valence-corrected chi connectivity index (χ3v) is 4.18. The van der Waals surface area contributed by atoms with Crippen LogP contribution in [-0.2, 0) is 4.79 Å². The maximum absolute atomic E-state index is 12.1. The Bertz CT molecular complexity index is 486. The van der Waals surface area contributed by atoms with Gasteiger partial charge in [0.15, 0.2) is 0 Å². The number of halogens is 1. The maximum Gasteiger partial charge on any atom is 0.326 e. The van der Waals surface area contributed by atoms with Gasteiger partial charge in [-0.3, -0.25) is 4.79 Å². The van der Waals surface area contributed by atoms with Crippen molar-refractivity contribution in [2.45, 2.75) is 33.2 Å². The maximum atomic E-state index is 12.1. The van der Waals surface area contributed by atoms with E-state index in [0.717, 1.165) is 9.13 Å². The predicted molar refractivity (Wildman–Crippen MR) is 82.2 cm³/mol. The van der Waals surface area contributed by atoms with Crippen molar-refractivity contribution in [1.82, 2.24) is 5.32 Å². The van der Waals surface area contributed by atoms with Gasteiger partial charge in [-0.2, -0.15) is 0 Å². The van der Waals surface area contributed by atoms with E-state index in [1.807, 2.05) is 26.8 Å². The van der Waals surface area contributed by atoms with Gasteiger partial charge in [0.25, 0.3) is 5.91 Å². The van der Waals surface area contributed by atoms with Crippen molar-refractivity contribution in [1.29, 1.82) is 0 Å². The molecule has 1 aromatic carbocycles. The number of benzene rings is 1. The molecule has 1 atom stereocenters. The molecule has 0 bridgehead atoms. The number of carbonyl (C=O) groups excluding carboxylic acids is 1. The third-order valence-electron chi connectivity index (χ3n) is 2.75. The molecule has 0 aromatic heterocycles. The first-order valence-corrected chi connectivity index (χ1v) is 7.19. The summed E-state index contributed by atoms with van der Waals surface area (Å²) in [7, 11) is 0. The Morgan fingerprint density at radius 2 is 2.00 bits per heavy atom. The Hall–Kier alpha value is -1.11. The summed E-state index contributed by atoms with van der Waals surface area (Å²) in [5, 5.41) is 11.7. The second-order valence-electron chi connectivity index (χ2n) is 4.93. The molecule has 0 aliphatic carbocycles. The topological polar surface area (TPSA) is 66.4 Å². The molecule has 104 valence electrons. The number of rotatable bonds is 5. The molecule has 0 aliphatic heterocycles. The van der Waals surface area contributed by atoms with Crippen LogP contribution in [0.2, 0.25) is 0 Å². The van der Waals surface area contributed by atoms with Gasteiger partial charge in [-0.05, 0) is 53.5 Å². The van der Waals surface area contributed by atoms with Crippen LogP contribution in [0.25, 0.3) is 0 Å². The number of amides is 1. The van der Waals surface area contributed by atoms with Crippen LogP contribution in [0.15, 0.2) is 18.2 Å². The van der Waals surface area contributed by atoms with Gasteiger partial charge >= 0.3 is 5.97 Å². The van der Waals surface area contributed by atoms with E-state index in [-0.39, 0.29) is 11.8 Å². The number of aliphatic carboxylic acids is 1. The van der Waals surface area contributed by atoms with Gasteiger partial charge in [-0.15, -0.1) is 0 Å². The molecule has 0 saturated heterocycles. The average Bonchev–Trinajstić information content (AvgIpc) is 2.31. The zero-order valence-corrected chi connectivity index (χ0v) is 13.4. The van der Waals surface area contributed by atoms with Gasteiger partial charge in [-0.25, -0.2) is 4.79 Å². The Labute approximate surface area is 126 Å². The number of carboxylic acids is 1. The van der Waals surface area contributed by atoms with Gasteiger partial charge in [0.2, 0.25) is 0 Å². The lowest BCUT2D eigenvalue weighted by Crippen LogP contribution is -2.41. The van der Waals surface area contributed by atoms with E-state index in [2.05, 4.69) is 27.9 Å².